The van der Waals surface area contributed by atoms with E-state index in [4.69, 9.17) is 11.6 Å². The van der Waals surface area contributed by atoms with Gasteiger partial charge in [0.2, 0.25) is 0 Å². The predicted molar refractivity (Wildman–Crippen MR) is 98.6 cm³/mol. The fourth-order valence-electron chi connectivity index (χ4n) is 2.40. The van der Waals surface area contributed by atoms with Crippen LogP contribution in [0.25, 0.3) is 0 Å². The van der Waals surface area contributed by atoms with Crippen LogP contribution in [0.15, 0.2) is 64.5 Å². The quantitative estimate of drug-likeness (QED) is 0.525. The zero-order valence-electron chi connectivity index (χ0n) is 14.0. The number of nitrogens with one attached hydrogen (secondary N) is 2. The Morgan fingerprint density at radius 1 is 1.23 bits per heavy atom. The van der Waals surface area contributed by atoms with Gasteiger partial charge in [0.1, 0.15) is 6.54 Å². The summed E-state index contributed by atoms with van der Waals surface area (Å²) in [5.41, 5.74) is 1.15. The van der Waals surface area contributed by atoms with Gasteiger partial charge in [-0.15, -0.1) is 4.68 Å². The van der Waals surface area contributed by atoms with Gasteiger partial charge in [0.15, 0.2) is 0 Å². The third-order valence-corrected chi connectivity index (χ3v) is 3.95. The van der Waals surface area contributed by atoms with Crippen LogP contribution in [0, 0.1) is 0 Å². The number of hydrogen-bond acceptors (Lipinski definition) is 3. The van der Waals surface area contributed by atoms with Gasteiger partial charge in [-0.2, -0.15) is 0 Å². The highest BCUT2D eigenvalue weighted by Crippen LogP contribution is 2.07. The molecule has 0 unspecified atom stereocenters. The van der Waals surface area contributed by atoms with Crippen molar-refractivity contribution in [3.8, 4) is 0 Å². The molecule has 1 aromatic heterocycles. The fourth-order valence-corrected chi connectivity index (χ4v) is 2.52. The monoisotopic (exact) mass is 370 g/mol. The summed E-state index contributed by atoms with van der Waals surface area (Å²) in [4.78, 5) is 25.7. The number of H-pyrrole nitrogens is 1. The summed E-state index contributed by atoms with van der Waals surface area (Å²) in [6.45, 7) is 0.336. The number of hydrogen-bond donors (Lipinski definition) is 2. The molecule has 0 spiro atoms. The number of halogens is 1. The van der Waals surface area contributed by atoms with E-state index < -0.39 is 11.5 Å². The standard InChI is InChI=1S/C18H16ClN5O2/c1-20-17(25)16-18(26)24(21-11-13-7-9-15(19)10-8-13)22-23(16)12-14-5-3-2-4-6-14/h2-11H,12H2,1H3,(H-,20,22,25,26)/p+1/b21-11+. The molecule has 1 amide bonds. The van der Waals surface area contributed by atoms with Gasteiger partial charge in [-0.3, -0.25) is 4.79 Å². The number of amides is 1. The van der Waals surface area contributed by atoms with E-state index in [0.717, 1.165) is 15.9 Å². The minimum atomic E-state index is -0.537. The molecular weight excluding hydrogens is 354 g/mol. The van der Waals surface area contributed by atoms with Gasteiger partial charge in [-0.25, -0.2) is 4.79 Å². The maximum atomic E-state index is 12.6. The molecule has 8 heteroatoms. The molecule has 0 fully saturated rings. The molecule has 132 valence electrons. The zero-order chi connectivity index (χ0) is 18.5. The summed E-state index contributed by atoms with van der Waals surface area (Å²) in [6.07, 6.45) is 1.51. The van der Waals surface area contributed by atoms with Crippen LogP contribution in [0.2, 0.25) is 5.02 Å². The molecular formula is C18H17ClN5O2+. The molecule has 0 radical (unpaired) electrons. The van der Waals surface area contributed by atoms with E-state index in [1.165, 1.54) is 17.9 Å². The highest BCUT2D eigenvalue weighted by Gasteiger charge is 2.27. The van der Waals surface area contributed by atoms with Crippen molar-refractivity contribution in [1.82, 2.24) is 15.3 Å². The van der Waals surface area contributed by atoms with E-state index in [9.17, 15) is 9.59 Å². The van der Waals surface area contributed by atoms with Crippen molar-refractivity contribution in [3.63, 3.8) is 0 Å². The Labute approximate surface area is 154 Å². The van der Waals surface area contributed by atoms with Gasteiger partial charge in [0, 0.05) is 16.9 Å². The fraction of sp³-hybridized carbons (Fsp3) is 0.111. The molecule has 0 aliphatic heterocycles. The van der Waals surface area contributed by atoms with Crippen molar-refractivity contribution in [3.05, 3.63) is 86.8 Å². The number of carbonyl (C=O) groups excluding carboxylic acids is 1. The second kappa shape index (κ2) is 7.79. The maximum absolute atomic E-state index is 12.6. The van der Waals surface area contributed by atoms with E-state index in [0.29, 0.717) is 11.6 Å². The van der Waals surface area contributed by atoms with Crippen LogP contribution in [0.5, 0.6) is 0 Å². The lowest BCUT2D eigenvalue weighted by atomic mass is 10.2. The summed E-state index contributed by atoms with van der Waals surface area (Å²) in [6, 6.07) is 16.5. The third kappa shape index (κ3) is 3.89. The summed E-state index contributed by atoms with van der Waals surface area (Å²) in [5, 5.41) is 10.1. The highest BCUT2D eigenvalue weighted by atomic mass is 35.5. The van der Waals surface area contributed by atoms with Crippen molar-refractivity contribution in [2.45, 2.75) is 6.54 Å². The van der Waals surface area contributed by atoms with Gasteiger partial charge < -0.3 is 5.32 Å². The zero-order valence-corrected chi connectivity index (χ0v) is 14.8. The first kappa shape index (κ1) is 17.6. The number of aromatic nitrogens is 3. The van der Waals surface area contributed by atoms with Crippen LogP contribution >= 0.6 is 11.6 Å². The SMILES string of the molecule is CNC(=O)c1c(=O)n(/N=C/c2ccc(Cl)cc2)[nH][n+]1Cc1ccccc1. The molecule has 3 rings (SSSR count). The predicted octanol–water partition coefficient (Wildman–Crippen LogP) is 1.41. The van der Waals surface area contributed by atoms with Gasteiger partial charge in [0.05, 0.1) is 6.21 Å². The average Bonchev–Trinajstić information content (AvgIpc) is 2.96. The third-order valence-electron chi connectivity index (χ3n) is 3.70. The van der Waals surface area contributed by atoms with E-state index in [1.54, 1.807) is 24.3 Å². The van der Waals surface area contributed by atoms with Crippen molar-refractivity contribution < 1.29 is 9.48 Å². The smallest absolute Gasteiger partial charge is 0.352 e. The van der Waals surface area contributed by atoms with Crippen molar-refractivity contribution in [1.29, 1.82) is 0 Å². The van der Waals surface area contributed by atoms with Crippen LogP contribution in [0.3, 0.4) is 0 Å². The first-order valence-electron chi connectivity index (χ1n) is 7.89. The van der Waals surface area contributed by atoms with E-state index in [-0.39, 0.29) is 5.69 Å². The molecule has 0 saturated heterocycles. The summed E-state index contributed by atoms with van der Waals surface area (Å²) >= 11 is 5.85. The second-order valence-electron chi connectivity index (χ2n) is 5.51. The number of carbonyl (C=O) groups is 1. The molecule has 1 heterocycles. The molecule has 3 aromatic rings. The van der Waals surface area contributed by atoms with Crippen molar-refractivity contribution in [2.24, 2.45) is 5.10 Å². The Morgan fingerprint density at radius 3 is 2.58 bits per heavy atom. The number of benzene rings is 2. The first-order valence-corrected chi connectivity index (χ1v) is 8.27. The lowest BCUT2D eigenvalue weighted by molar-refractivity contribution is -0.749. The second-order valence-corrected chi connectivity index (χ2v) is 5.95. The van der Waals surface area contributed by atoms with E-state index >= 15 is 0 Å². The Hall–Kier alpha value is -3.19. The molecule has 0 saturated carbocycles. The Balaban J connectivity index is 1.97. The summed E-state index contributed by atoms with van der Waals surface area (Å²) < 4.78 is 1.47. The molecule has 2 N–H and O–H groups in total. The van der Waals surface area contributed by atoms with Crippen LogP contribution in [0.1, 0.15) is 21.6 Å². The minimum absolute atomic E-state index is 0.0235. The average molecular weight is 371 g/mol. The van der Waals surface area contributed by atoms with Gasteiger partial charge in [-0.05, 0) is 23.3 Å². The molecule has 0 aliphatic carbocycles. The van der Waals surface area contributed by atoms with E-state index in [2.05, 4.69) is 15.6 Å². The van der Waals surface area contributed by atoms with Crippen LogP contribution in [-0.2, 0) is 6.54 Å². The first-order chi connectivity index (χ1) is 12.6. The van der Waals surface area contributed by atoms with Gasteiger partial charge in [-0.1, -0.05) is 64.4 Å². The number of nitrogens with zero attached hydrogens (tertiary/aromatic N) is 3. The molecule has 2 aromatic carbocycles. The maximum Gasteiger partial charge on any atom is 0.432 e. The van der Waals surface area contributed by atoms with Crippen LogP contribution in [-0.4, -0.2) is 29.2 Å². The van der Waals surface area contributed by atoms with Crippen molar-refractivity contribution >= 4 is 23.7 Å². The summed E-state index contributed by atoms with van der Waals surface area (Å²) in [7, 11) is 1.48. The Bertz CT molecular complexity index is 991. The number of rotatable bonds is 5. The Kier molecular flexibility index (Phi) is 5.28. The molecule has 0 atom stereocenters. The van der Waals surface area contributed by atoms with Gasteiger partial charge in [0.25, 0.3) is 0 Å². The Morgan fingerprint density at radius 2 is 1.92 bits per heavy atom. The van der Waals surface area contributed by atoms with Crippen molar-refractivity contribution in [2.75, 3.05) is 7.05 Å². The highest BCUT2D eigenvalue weighted by molar-refractivity contribution is 6.30. The normalized spacial score (nSPS) is 11.0. The van der Waals surface area contributed by atoms with E-state index in [1.807, 2.05) is 30.3 Å². The molecule has 26 heavy (non-hydrogen) atoms. The molecule has 0 bridgehead atoms. The molecule has 7 nitrogen and oxygen atoms in total. The largest absolute Gasteiger partial charge is 0.432 e. The number of aromatic amines is 1. The van der Waals surface area contributed by atoms with Gasteiger partial charge >= 0.3 is 17.2 Å². The lowest BCUT2D eigenvalue weighted by Crippen LogP contribution is -2.46. The lowest BCUT2D eigenvalue weighted by Gasteiger charge is -1.99. The molecule has 0 aliphatic rings. The minimum Gasteiger partial charge on any atom is -0.352 e. The summed E-state index contributed by atoms with van der Waals surface area (Å²) in [5.74, 6) is -0.484. The topological polar surface area (TPSA) is 83.1 Å². The van der Waals surface area contributed by atoms with Crippen LogP contribution < -0.4 is 15.6 Å². The van der Waals surface area contributed by atoms with Crippen LogP contribution in [0.4, 0.5) is 0 Å².